The van der Waals surface area contributed by atoms with Crippen LogP contribution in [-0.4, -0.2) is 29.9 Å². The Labute approximate surface area is 115 Å². The topological polar surface area (TPSA) is 46.3 Å². The lowest BCUT2D eigenvalue weighted by atomic mass is 9.93. The predicted molar refractivity (Wildman–Crippen MR) is 77.7 cm³/mol. The molecule has 0 saturated carbocycles. The summed E-state index contributed by atoms with van der Waals surface area (Å²) in [6, 6.07) is 9.83. The van der Waals surface area contributed by atoms with E-state index in [4.69, 9.17) is 5.73 Å². The predicted octanol–water partition coefficient (Wildman–Crippen LogP) is 2.21. The van der Waals surface area contributed by atoms with Crippen molar-refractivity contribution < 1.29 is 4.79 Å². The number of nitrogens with zero attached hydrogens (tertiary/aromatic N) is 1. The number of aryl methyl sites for hydroxylation is 1. The van der Waals surface area contributed by atoms with E-state index in [1.54, 1.807) is 0 Å². The molecular formula is C16H24N2O. The van der Waals surface area contributed by atoms with Gasteiger partial charge in [0.25, 0.3) is 0 Å². The lowest BCUT2D eigenvalue weighted by Gasteiger charge is -2.23. The Hall–Kier alpha value is -1.35. The Morgan fingerprint density at radius 3 is 2.63 bits per heavy atom. The number of likely N-dealkylation sites (tertiary alicyclic amines) is 1. The van der Waals surface area contributed by atoms with Crippen molar-refractivity contribution in [3.63, 3.8) is 0 Å². The fourth-order valence-corrected chi connectivity index (χ4v) is 2.63. The lowest BCUT2D eigenvalue weighted by Crippen LogP contribution is -2.43. The van der Waals surface area contributed by atoms with Crippen molar-refractivity contribution in [1.29, 1.82) is 0 Å². The van der Waals surface area contributed by atoms with Gasteiger partial charge < -0.3 is 10.6 Å². The highest BCUT2D eigenvalue weighted by Gasteiger charge is 2.33. The first-order valence-electron chi connectivity index (χ1n) is 7.06. The zero-order valence-corrected chi connectivity index (χ0v) is 11.9. The molecule has 1 aliphatic rings. The smallest absolute Gasteiger partial charge is 0.239 e. The van der Waals surface area contributed by atoms with Crippen LogP contribution in [-0.2, 0) is 11.2 Å². The minimum Gasteiger partial charge on any atom is -0.341 e. The highest BCUT2D eigenvalue weighted by atomic mass is 16.2. The van der Waals surface area contributed by atoms with Crippen LogP contribution in [0.25, 0.3) is 0 Å². The van der Waals surface area contributed by atoms with E-state index >= 15 is 0 Å². The van der Waals surface area contributed by atoms with Crippen LogP contribution in [0.3, 0.4) is 0 Å². The molecule has 1 unspecified atom stereocenters. The van der Waals surface area contributed by atoms with E-state index < -0.39 is 0 Å². The molecule has 1 atom stereocenters. The summed E-state index contributed by atoms with van der Waals surface area (Å²) in [5, 5.41) is 0. The van der Waals surface area contributed by atoms with Crippen molar-refractivity contribution in [2.45, 2.75) is 39.2 Å². The van der Waals surface area contributed by atoms with Crippen molar-refractivity contribution in [1.82, 2.24) is 4.90 Å². The SMILES string of the molecule is CC1(C)CCN(C(=O)C(N)CCc2ccccc2)C1. The molecule has 0 spiro atoms. The minimum atomic E-state index is -0.367. The zero-order valence-electron chi connectivity index (χ0n) is 11.9. The molecule has 1 aliphatic heterocycles. The van der Waals surface area contributed by atoms with Crippen LogP contribution < -0.4 is 5.73 Å². The molecule has 1 amide bonds. The Balaban J connectivity index is 1.83. The molecule has 1 fully saturated rings. The fourth-order valence-electron chi connectivity index (χ4n) is 2.63. The zero-order chi connectivity index (χ0) is 13.9. The van der Waals surface area contributed by atoms with Crippen molar-refractivity contribution in [2.24, 2.45) is 11.1 Å². The van der Waals surface area contributed by atoms with Crippen LogP contribution in [0.4, 0.5) is 0 Å². The van der Waals surface area contributed by atoms with E-state index in [2.05, 4.69) is 26.0 Å². The van der Waals surface area contributed by atoms with Crippen LogP contribution in [0.5, 0.6) is 0 Å². The molecular weight excluding hydrogens is 236 g/mol. The number of hydrogen-bond donors (Lipinski definition) is 1. The van der Waals surface area contributed by atoms with Gasteiger partial charge in [0.2, 0.25) is 5.91 Å². The van der Waals surface area contributed by atoms with E-state index in [0.717, 1.165) is 32.4 Å². The summed E-state index contributed by atoms with van der Waals surface area (Å²) in [5.74, 6) is 0.113. The molecule has 0 aliphatic carbocycles. The van der Waals surface area contributed by atoms with Gasteiger partial charge >= 0.3 is 0 Å². The summed E-state index contributed by atoms with van der Waals surface area (Å²) in [7, 11) is 0. The monoisotopic (exact) mass is 260 g/mol. The van der Waals surface area contributed by atoms with Gasteiger partial charge in [-0.3, -0.25) is 4.79 Å². The first kappa shape index (κ1) is 14.1. The lowest BCUT2D eigenvalue weighted by molar-refractivity contribution is -0.132. The highest BCUT2D eigenvalue weighted by molar-refractivity contribution is 5.82. The maximum Gasteiger partial charge on any atom is 0.239 e. The maximum absolute atomic E-state index is 12.3. The van der Waals surface area contributed by atoms with Crippen LogP contribution in [0.1, 0.15) is 32.3 Å². The number of carbonyl (C=O) groups excluding carboxylic acids is 1. The largest absolute Gasteiger partial charge is 0.341 e. The Morgan fingerprint density at radius 1 is 1.37 bits per heavy atom. The second-order valence-electron chi connectivity index (χ2n) is 6.30. The Bertz CT molecular complexity index is 428. The normalized spacial score (nSPS) is 19.4. The molecule has 0 bridgehead atoms. The standard InChI is InChI=1S/C16H24N2O/c1-16(2)10-11-18(12-16)15(19)14(17)9-8-13-6-4-3-5-7-13/h3-7,14H,8-12,17H2,1-2H3. The van der Waals surface area contributed by atoms with Crippen molar-refractivity contribution >= 4 is 5.91 Å². The van der Waals surface area contributed by atoms with Crippen LogP contribution in [0.15, 0.2) is 30.3 Å². The van der Waals surface area contributed by atoms with Crippen LogP contribution in [0.2, 0.25) is 0 Å². The third-order valence-corrected chi connectivity index (χ3v) is 3.89. The second kappa shape index (κ2) is 5.74. The summed E-state index contributed by atoms with van der Waals surface area (Å²) < 4.78 is 0. The van der Waals surface area contributed by atoms with Gasteiger partial charge in [-0.25, -0.2) is 0 Å². The van der Waals surface area contributed by atoms with Crippen LogP contribution in [0, 0.1) is 5.41 Å². The van der Waals surface area contributed by atoms with E-state index in [1.807, 2.05) is 23.1 Å². The van der Waals surface area contributed by atoms with Gasteiger partial charge in [-0.15, -0.1) is 0 Å². The fraction of sp³-hybridized carbons (Fsp3) is 0.562. The number of benzene rings is 1. The van der Waals surface area contributed by atoms with E-state index in [9.17, 15) is 4.79 Å². The van der Waals surface area contributed by atoms with Crippen molar-refractivity contribution in [2.75, 3.05) is 13.1 Å². The van der Waals surface area contributed by atoms with Crippen molar-refractivity contribution in [3.8, 4) is 0 Å². The average Bonchev–Trinajstić information content (AvgIpc) is 2.76. The summed E-state index contributed by atoms with van der Waals surface area (Å²) in [4.78, 5) is 14.2. The molecule has 1 saturated heterocycles. The number of hydrogen-bond acceptors (Lipinski definition) is 2. The highest BCUT2D eigenvalue weighted by Crippen LogP contribution is 2.29. The molecule has 104 valence electrons. The minimum absolute atomic E-state index is 0.113. The summed E-state index contributed by atoms with van der Waals surface area (Å²) >= 11 is 0. The van der Waals surface area contributed by atoms with E-state index in [1.165, 1.54) is 5.56 Å². The summed E-state index contributed by atoms with van der Waals surface area (Å²) in [5.41, 5.74) is 7.53. The maximum atomic E-state index is 12.3. The van der Waals surface area contributed by atoms with Gasteiger partial charge in [-0.1, -0.05) is 44.2 Å². The number of nitrogens with two attached hydrogens (primary N) is 1. The van der Waals surface area contributed by atoms with Crippen LogP contribution >= 0.6 is 0 Å². The Morgan fingerprint density at radius 2 is 2.05 bits per heavy atom. The molecule has 19 heavy (non-hydrogen) atoms. The van der Waals surface area contributed by atoms with Gasteiger partial charge in [0, 0.05) is 13.1 Å². The van der Waals surface area contributed by atoms with E-state index in [-0.39, 0.29) is 17.4 Å². The first-order valence-corrected chi connectivity index (χ1v) is 7.06. The summed E-state index contributed by atoms with van der Waals surface area (Å²) in [6.45, 7) is 6.10. The third kappa shape index (κ3) is 3.80. The summed E-state index contributed by atoms with van der Waals surface area (Å²) in [6.07, 6.45) is 2.66. The van der Waals surface area contributed by atoms with Gasteiger partial charge in [0.15, 0.2) is 0 Å². The van der Waals surface area contributed by atoms with Gasteiger partial charge in [-0.05, 0) is 30.2 Å². The van der Waals surface area contributed by atoms with Crippen molar-refractivity contribution in [3.05, 3.63) is 35.9 Å². The molecule has 2 rings (SSSR count). The van der Waals surface area contributed by atoms with Gasteiger partial charge in [0.05, 0.1) is 6.04 Å². The quantitative estimate of drug-likeness (QED) is 0.902. The molecule has 1 aromatic carbocycles. The first-order chi connectivity index (χ1) is 8.98. The van der Waals surface area contributed by atoms with Gasteiger partial charge in [-0.2, -0.15) is 0 Å². The number of carbonyl (C=O) groups is 1. The average molecular weight is 260 g/mol. The number of rotatable bonds is 4. The third-order valence-electron chi connectivity index (χ3n) is 3.89. The molecule has 3 heteroatoms. The second-order valence-corrected chi connectivity index (χ2v) is 6.30. The van der Waals surface area contributed by atoms with E-state index in [0.29, 0.717) is 0 Å². The molecule has 2 N–H and O–H groups in total. The van der Waals surface area contributed by atoms with Gasteiger partial charge in [0.1, 0.15) is 0 Å². The molecule has 0 aromatic heterocycles. The molecule has 3 nitrogen and oxygen atoms in total. The Kier molecular flexibility index (Phi) is 4.25. The number of amides is 1. The molecule has 1 aromatic rings. The molecule has 1 heterocycles. The molecule has 0 radical (unpaired) electrons.